The van der Waals surface area contributed by atoms with Gasteiger partial charge in [0.25, 0.3) is 0 Å². The average Bonchev–Trinajstić information content (AvgIpc) is 3.38. The number of aromatic nitrogens is 1. The van der Waals surface area contributed by atoms with Crippen molar-refractivity contribution in [3.05, 3.63) is 77.4 Å². The second kappa shape index (κ2) is 10.4. The lowest BCUT2D eigenvalue weighted by Crippen LogP contribution is -2.50. The summed E-state index contributed by atoms with van der Waals surface area (Å²) in [5.41, 5.74) is 2.56. The first kappa shape index (κ1) is 26.2. The average molecular weight is 541 g/mol. The van der Waals surface area contributed by atoms with Gasteiger partial charge in [0, 0.05) is 57.6 Å². The van der Waals surface area contributed by atoms with E-state index < -0.39 is 16.1 Å². The highest BCUT2D eigenvalue weighted by Crippen LogP contribution is 2.37. The lowest BCUT2D eigenvalue weighted by molar-refractivity contribution is -0.132. The van der Waals surface area contributed by atoms with Crippen LogP contribution in [0, 0.1) is 19.7 Å². The van der Waals surface area contributed by atoms with Crippen LogP contribution in [-0.4, -0.2) is 67.9 Å². The van der Waals surface area contributed by atoms with Crippen molar-refractivity contribution in [3.63, 3.8) is 0 Å². The molecule has 1 aromatic heterocycles. The van der Waals surface area contributed by atoms with Crippen molar-refractivity contribution >= 4 is 21.6 Å². The first-order valence-electron chi connectivity index (χ1n) is 12.8. The third-order valence-corrected chi connectivity index (χ3v) is 9.76. The zero-order chi connectivity index (χ0) is 27.0. The molecule has 1 amide bonds. The van der Waals surface area contributed by atoms with Crippen molar-refractivity contribution in [1.29, 1.82) is 0 Å². The van der Waals surface area contributed by atoms with E-state index in [1.165, 1.54) is 10.4 Å². The van der Waals surface area contributed by atoms with E-state index in [9.17, 15) is 17.6 Å². The molecule has 1 fully saturated rings. The molecule has 2 aliphatic rings. The standard InChI is InChI=1S/C28H33FN4O4S/c1-20-17-22(37-3)18-21(2)28(20)38(35,36)33-16-15-30-10-6-9-25(30)26(33)19-27(34)32-13-11-31(12-14-32)24-8-5-4-7-23(24)29/h4-10,17-18,26H,11-16,19H2,1-3H3. The Bertz CT molecular complexity index is 1420. The number of hydrogen-bond donors (Lipinski definition) is 0. The summed E-state index contributed by atoms with van der Waals surface area (Å²) in [5, 5.41) is 0. The maximum Gasteiger partial charge on any atom is 0.244 e. The molecule has 8 nitrogen and oxygen atoms in total. The van der Waals surface area contributed by atoms with Crippen molar-refractivity contribution in [2.75, 3.05) is 44.7 Å². The number of para-hydroxylation sites is 1. The number of anilines is 1. The number of fused-ring (bicyclic) bond motifs is 1. The molecule has 2 aliphatic heterocycles. The van der Waals surface area contributed by atoms with E-state index in [0.29, 0.717) is 55.3 Å². The topological polar surface area (TPSA) is 75.1 Å². The third kappa shape index (κ3) is 4.78. The Balaban J connectivity index is 1.38. The van der Waals surface area contributed by atoms with Gasteiger partial charge in [-0.15, -0.1) is 0 Å². The minimum atomic E-state index is -3.90. The summed E-state index contributed by atoms with van der Waals surface area (Å²) in [6.07, 6.45) is 1.96. The summed E-state index contributed by atoms with van der Waals surface area (Å²) in [4.78, 5) is 17.5. The number of sulfonamides is 1. The number of piperazine rings is 1. The van der Waals surface area contributed by atoms with Gasteiger partial charge in [-0.1, -0.05) is 12.1 Å². The van der Waals surface area contributed by atoms with Crippen LogP contribution < -0.4 is 9.64 Å². The predicted octanol–water partition coefficient (Wildman–Crippen LogP) is 3.74. The lowest BCUT2D eigenvalue weighted by atomic mass is 10.1. The van der Waals surface area contributed by atoms with Gasteiger partial charge in [-0.25, -0.2) is 12.8 Å². The molecule has 0 bridgehead atoms. The third-order valence-electron chi connectivity index (χ3n) is 7.54. The molecule has 38 heavy (non-hydrogen) atoms. The summed E-state index contributed by atoms with van der Waals surface area (Å²) >= 11 is 0. The molecule has 1 atom stereocenters. The van der Waals surface area contributed by atoms with Crippen LogP contribution in [0.1, 0.15) is 29.3 Å². The number of rotatable bonds is 6. The van der Waals surface area contributed by atoms with Crippen LogP contribution in [0.25, 0.3) is 0 Å². The SMILES string of the molecule is COc1cc(C)c(S(=O)(=O)N2CCn3cccc3C2CC(=O)N2CCN(c3ccccc3F)CC2)c(C)c1. The maximum absolute atomic E-state index is 14.2. The van der Waals surface area contributed by atoms with Gasteiger partial charge < -0.3 is 19.1 Å². The Morgan fingerprint density at radius 1 is 0.974 bits per heavy atom. The van der Waals surface area contributed by atoms with E-state index in [1.54, 1.807) is 56.2 Å². The second-order valence-corrected chi connectivity index (χ2v) is 11.7. The van der Waals surface area contributed by atoms with Crippen LogP contribution in [0.15, 0.2) is 59.6 Å². The number of carbonyl (C=O) groups is 1. The number of hydrogen-bond acceptors (Lipinski definition) is 5. The quantitative estimate of drug-likeness (QED) is 0.476. The number of benzene rings is 2. The number of aryl methyl sites for hydroxylation is 2. The Labute approximate surface area is 223 Å². The fourth-order valence-electron chi connectivity index (χ4n) is 5.69. The molecule has 0 aliphatic carbocycles. The number of halogens is 1. The molecular weight excluding hydrogens is 507 g/mol. The normalized spacial score (nSPS) is 18.4. The van der Waals surface area contributed by atoms with Gasteiger partial charge in [0.2, 0.25) is 15.9 Å². The molecule has 0 radical (unpaired) electrons. The zero-order valence-corrected chi connectivity index (χ0v) is 22.7. The highest BCUT2D eigenvalue weighted by molar-refractivity contribution is 7.89. The Kier molecular flexibility index (Phi) is 7.19. The van der Waals surface area contributed by atoms with Gasteiger partial charge >= 0.3 is 0 Å². The summed E-state index contributed by atoms with van der Waals surface area (Å²) in [6.45, 7) is 6.25. The highest BCUT2D eigenvalue weighted by Gasteiger charge is 2.40. The Morgan fingerprint density at radius 2 is 1.66 bits per heavy atom. The number of carbonyl (C=O) groups excluding carboxylic acids is 1. The van der Waals surface area contributed by atoms with Crippen LogP contribution in [0.4, 0.5) is 10.1 Å². The smallest absolute Gasteiger partial charge is 0.244 e. The van der Waals surface area contributed by atoms with Crippen molar-refractivity contribution < 1.29 is 22.3 Å². The van der Waals surface area contributed by atoms with Crippen LogP contribution in [0.5, 0.6) is 5.75 Å². The molecule has 2 aromatic carbocycles. The summed E-state index contributed by atoms with van der Waals surface area (Å²) in [5.74, 6) is 0.217. The molecule has 1 unspecified atom stereocenters. The number of ether oxygens (including phenoxy) is 1. The van der Waals surface area contributed by atoms with Crippen LogP contribution in [0.2, 0.25) is 0 Å². The van der Waals surface area contributed by atoms with Crippen LogP contribution in [-0.2, 0) is 21.4 Å². The van der Waals surface area contributed by atoms with E-state index in [2.05, 4.69) is 0 Å². The van der Waals surface area contributed by atoms with Gasteiger partial charge in [0.05, 0.1) is 23.7 Å². The first-order valence-corrected chi connectivity index (χ1v) is 14.2. The monoisotopic (exact) mass is 540 g/mol. The minimum absolute atomic E-state index is 0.0389. The first-order chi connectivity index (χ1) is 18.2. The van der Waals surface area contributed by atoms with Crippen molar-refractivity contribution in [3.8, 4) is 5.75 Å². The molecule has 0 saturated carbocycles. The van der Waals surface area contributed by atoms with E-state index in [0.717, 1.165) is 5.69 Å². The number of methoxy groups -OCH3 is 1. The van der Waals surface area contributed by atoms with Gasteiger partial charge in [-0.3, -0.25) is 4.79 Å². The predicted molar refractivity (Wildman–Crippen MR) is 143 cm³/mol. The summed E-state index contributed by atoms with van der Waals surface area (Å²) in [6, 6.07) is 13.2. The molecule has 0 N–H and O–H groups in total. The Morgan fingerprint density at radius 3 is 2.32 bits per heavy atom. The van der Waals surface area contributed by atoms with Gasteiger partial charge in [-0.2, -0.15) is 4.31 Å². The van der Waals surface area contributed by atoms with Gasteiger partial charge in [0.15, 0.2) is 0 Å². The van der Waals surface area contributed by atoms with Crippen LogP contribution in [0.3, 0.4) is 0 Å². The molecule has 3 heterocycles. The van der Waals surface area contributed by atoms with Gasteiger partial charge in [0.1, 0.15) is 11.6 Å². The fraction of sp³-hybridized carbons (Fsp3) is 0.393. The van der Waals surface area contributed by atoms with Crippen LogP contribution >= 0.6 is 0 Å². The summed E-state index contributed by atoms with van der Waals surface area (Å²) in [7, 11) is -2.35. The fourth-order valence-corrected chi connectivity index (χ4v) is 7.69. The Hall–Kier alpha value is -3.37. The molecule has 202 valence electrons. The largest absolute Gasteiger partial charge is 0.497 e. The minimum Gasteiger partial charge on any atom is -0.497 e. The van der Waals surface area contributed by atoms with E-state index >= 15 is 0 Å². The molecule has 0 spiro atoms. The molecule has 5 rings (SSSR count). The number of nitrogens with zero attached hydrogens (tertiary/aromatic N) is 4. The molecular formula is C28H33FN4O4S. The summed E-state index contributed by atoms with van der Waals surface area (Å²) < 4.78 is 51.2. The van der Waals surface area contributed by atoms with Crippen molar-refractivity contribution in [2.45, 2.75) is 37.8 Å². The molecule has 10 heteroatoms. The second-order valence-electron chi connectivity index (χ2n) is 9.87. The number of amides is 1. The van der Waals surface area contributed by atoms with E-state index in [4.69, 9.17) is 4.74 Å². The lowest BCUT2D eigenvalue weighted by Gasteiger charge is -2.39. The molecule has 3 aromatic rings. The molecule has 1 saturated heterocycles. The van der Waals surface area contributed by atoms with Crippen molar-refractivity contribution in [1.82, 2.24) is 13.8 Å². The highest BCUT2D eigenvalue weighted by atomic mass is 32.2. The van der Waals surface area contributed by atoms with E-state index in [-0.39, 0.29) is 29.6 Å². The zero-order valence-electron chi connectivity index (χ0n) is 21.9. The van der Waals surface area contributed by atoms with E-state index in [1.807, 2.05) is 27.8 Å². The van der Waals surface area contributed by atoms with Crippen molar-refractivity contribution in [2.24, 2.45) is 0 Å². The van der Waals surface area contributed by atoms with Gasteiger partial charge in [-0.05, 0) is 61.4 Å². The maximum atomic E-state index is 14.2.